The summed E-state index contributed by atoms with van der Waals surface area (Å²) in [5.41, 5.74) is 0. The van der Waals surface area contributed by atoms with E-state index >= 15 is 0 Å². The molecule has 2 atom stereocenters. The molecule has 0 aromatic rings. The molecule has 1 aliphatic heterocycles. The standard InChI is InChI=1S/C10H18N2/c1-11-10-7-8-5-3-4-6-9(8)12(10)2/h8-9H,3-7H2,1-2H3/b11-10+. The van der Waals surface area contributed by atoms with E-state index in [-0.39, 0.29) is 0 Å². The highest BCUT2D eigenvalue weighted by atomic mass is 15.2. The molecule has 2 unspecified atom stereocenters. The van der Waals surface area contributed by atoms with Gasteiger partial charge < -0.3 is 4.90 Å². The van der Waals surface area contributed by atoms with E-state index in [9.17, 15) is 0 Å². The highest BCUT2D eigenvalue weighted by Crippen LogP contribution is 2.36. The zero-order valence-corrected chi connectivity index (χ0v) is 8.08. The first-order chi connectivity index (χ1) is 5.83. The number of hydrogen-bond donors (Lipinski definition) is 0. The van der Waals surface area contributed by atoms with Gasteiger partial charge in [0.05, 0.1) is 5.84 Å². The molecule has 1 heterocycles. The van der Waals surface area contributed by atoms with E-state index in [0.717, 1.165) is 12.0 Å². The molecular weight excluding hydrogens is 148 g/mol. The molecule has 0 bridgehead atoms. The minimum absolute atomic E-state index is 0.817. The molecule has 0 radical (unpaired) electrons. The third kappa shape index (κ3) is 1.13. The van der Waals surface area contributed by atoms with Crippen LogP contribution < -0.4 is 0 Å². The number of likely N-dealkylation sites (tertiary alicyclic amines) is 1. The third-order valence-corrected chi connectivity index (χ3v) is 3.48. The van der Waals surface area contributed by atoms with Crippen molar-refractivity contribution in [2.24, 2.45) is 10.9 Å². The van der Waals surface area contributed by atoms with Gasteiger partial charge in [-0.3, -0.25) is 4.99 Å². The molecule has 0 N–H and O–H groups in total. The highest BCUT2D eigenvalue weighted by Gasteiger charge is 2.36. The predicted octanol–water partition coefficient (Wildman–Crippen LogP) is 1.91. The molecule has 0 spiro atoms. The average molecular weight is 166 g/mol. The van der Waals surface area contributed by atoms with Gasteiger partial charge in [0.25, 0.3) is 0 Å². The maximum Gasteiger partial charge on any atom is 0.0989 e. The van der Waals surface area contributed by atoms with Gasteiger partial charge in [-0.1, -0.05) is 12.8 Å². The van der Waals surface area contributed by atoms with Gasteiger partial charge in [0.2, 0.25) is 0 Å². The number of rotatable bonds is 0. The van der Waals surface area contributed by atoms with Crippen LogP contribution in [0.3, 0.4) is 0 Å². The Morgan fingerprint density at radius 1 is 1.33 bits per heavy atom. The van der Waals surface area contributed by atoms with Crippen LogP contribution in [-0.2, 0) is 0 Å². The van der Waals surface area contributed by atoms with Crippen LogP contribution >= 0.6 is 0 Å². The smallest absolute Gasteiger partial charge is 0.0989 e. The van der Waals surface area contributed by atoms with E-state index < -0.39 is 0 Å². The van der Waals surface area contributed by atoms with Gasteiger partial charge in [-0.15, -0.1) is 0 Å². The molecule has 1 aliphatic carbocycles. The second kappa shape index (κ2) is 3.08. The van der Waals surface area contributed by atoms with Crippen molar-refractivity contribution in [1.29, 1.82) is 0 Å². The molecule has 0 aromatic carbocycles. The van der Waals surface area contributed by atoms with Crippen molar-refractivity contribution < 1.29 is 0 Å². The number of fused-ring (bicyclic) bond motifs is 1. The Labute approximate surface area is 74.7 Å². The SMILES string of the molecule is C/N=C1\CC2CCCCC2N1C. The first-order valence-corrected chi connectivity index (χ1v) is 5.01. The summed E-state index contributed by atoms with van der Waals surface area (Å²) in [6.07, 6.45) is 6.90. The van der Waals surface area contributed by atoms with Crippen molar-refractivity contribution in [3.63, 3.8) is 0 Å². The molecule has 2 aliphatic rings. The van der Waals surface area contributed by atoms with E-state index in [1.54, 1.807) is 0 Å². The summed E-state index contributed by atoms with van der Waals surface area (Å²) in [7, 11) is 4.13. The van der Waals surface area contributed by atoms with Gasteiger partial charge in [0, 0.05) is 26.6 Å². The third-order valence-electron chi connectivity index (χ3n) is 3.48. The fourth-order valence-electron chi connectivity index (χ4n) is 2.76. The van der Waals surface area contributed by atoms with Gasteiger partial charge in [0.15, 0.2) is 0 Å². The molecule has 1 saturated carbocycles. The molecule has 2 nitrogen and oxygen atoms in total. The fourth-order valence-corrected chi connectivity index (χ4v) is 2.76. The predicted molar refractivity (Wildman–Crippen MR) is 51.5 cm³/mol. The number of amidine groups is 1. The summed E-state index contributed by atoms with van der Waals surface area (Å²) >= 11 is 0. The van der Waals surface area contributed by atoms with E-state index in [2.05, 4.69) is 16.9 Å². The molecule has 2 heteroatoms. The summed E-state index contributed by atoms with van der Waals surface area (Å²) in [6.45, 7) is 0. The van der Waals surface area contributed by atoms with E-state index in [4.69, 9.17) is 0 Å². The lowest BCUT2D eigenvalue weighted by Gasteiger charge is -2.29. The number of nitrogens with zero attached hydrogens (tertiary/aromatic N) is 2. The largest absolute Gasteiger partial charge is 0.360 e. The van der Waals surface area contributed by atoms with Crippen LogP contribution in [0, 0.1) is 5.92 Å². The molecule has 12 heavy (non-hydrogen) atoms. The summed E-state index contributed by atoms with van der Waals surface area (Å²) < 4.78 is 0. The first kappa shape index (κ1) is 8.09. The maximum atomic E-state index is 4.34. The Bertz CT molecular complexity index is 198. The number of hydrogen-bond acceptors (Lipinski definition) is 1. The quantitative estimate of drug-likeness (QED) is 0.536. The average Bonchev–Trinajstić information content (AvgIpc) is 2.44. The number of aliphatic imine (C=N–C) groups is 1. The second-order valence-corrected chi connectivity index (χ2v) is 4.07. The lowest BCUT2D eigenvalue weighted by Crippen LogP contribution is -2.33. The Morgan fingerprint density at radius 3 is 2.75 bits per heavy atom. The normalized spacial score (nSPS) is 38.8. The lowest BCUT2D eigenvalue weighted by molar-refractivity contribution is 0.238. The van der Waals surface area contributed by atoms with Crippen LogP contribution in [0.2, 0.25) is 0 Å². The second-order valence-electron chi connectivity index (χ2n) is 4.07. The first-order valence-electron chi connectivity index (χ1n) is 5.01. The van der Waals surface area contributed by atoms with Crippen molar-refractivity contribution in [1.82, 2.24) is 4.90 Å². The van der Waals surface area contributed by atoms with Crippen LogP contribution in [-0.4, -0.2) is 30.9 Å². The molecular formula is C10H18N2. The molecule has 1 saturated heterocycles. The molecule has 68 valence electrons. The maximum absolute atomic E-state index is 4.34. The topological polar surface area (TPSA) is 15.6 Å². The summed E-state index contributed by atoms with van der Waals surface area (Å²) in [5, 5.41) is 0. The zero-order chi connectivity index (χ0) is 8.55. The fraction of sp³-hybridized carbons (Fsp3) is 0.900. The minimum atomic E-state index is 0.817. The monoisotopic (exact) mass is 166 g/mol. The zero-order valence-electron chi connectivity index (χ0n) is 8.08. The van der Waals surface area contributed by atoms with Gasteiger partial charge >= 0.3 is 0 Å². The van der Waals surface area contributed by atoms with Gasteiger partial charge in [-0.25, -0.2) is 0 Å². The van der Waals surface area contributed by atoms with Crippen LogP contribution in [0.4, 0.5) is 0 Å². The summed E-state index contributed by atoms with van der Waals surface area (Å²) in [4.78, 5) is 6.74. The highest BCUT2D eigenvalue weighted by molar-refractivity contribution is 5.84. The molecule has 2 rings (SSSR count). The Hall–Kier alpha value is -0.530. The van der Waals surface area contributed by atoms with Crippen LogP contribution in [0.5, 0.6) is 0 Å². The van der Waals surface area contributed by atoms with Crippen molar-refractivity contribution in [2.45, 2.75) is 38.1 Å². The van der Waals surface area contributed by atoms with Crippen LogP contribution in [0.15, 0.2) is 4.99 Å². The Balaban J connectivity index is 2.13. The van der Waals surface area contributed by atoms with Crippen molar-refractivity contribution >= 4 is 5.84 Å². The van der Waals surface area contributed by atoms with Crippen molar-refractivity contribution in [3.05, 3.63) is 0 Å². The van der Waals surface area contributed by atoms with Gasteiger partial charge in [0.1, 0.15) is 0 Å². The van der Waals surface area contributed by atoms with E-state index in [1.165, 1.54) is 37.9 Å². The van der Waals surface area contributed by atoms with Crippen molar-refractivity contribution in [3.8, 4) is 0 Å². The molecule has 0 amide bonds. The van der Waals surface area contributed by atoms with Gasteiger partial charge in [-0.2, -0.15) is 0 Å². The lowest BCUT2D eigenvalue weighted by atomic mass is 9.85. The van der Waals surface area contributed by atoms with Crippen molar-refractivity contribution in [2.75, 3.05) is 14.1 Å². The van der Waals surface area contributed by atoms with Crippen LogP contribution in [0.1, 0.15) is 32.1 Å². The van der Waals surface area contributed by atoms with Gasteiger partial charge in [-0.05, 0) is 18.8 Å². The summed E-state index contributed by atoms with van der Waals surface area (Å²) in [6, 6.07) is 0.817. The Kier molecular flexibility index (Phi) is 2.07. The Morgan fingerprint density at radius 2 is 2.08 bits per heavy atom. The molecule has 0 aromatic heterocycles. The van der Waals surface area contributed by atoms with E-state index in [1.807, 2.05) is 7.05 Å². The summed E-state index contributed by atoms with van der Waals surface area (Å²) in [5.74, 6) is 2.24. The van der Waals surface area contributed by atoms with E-state index in [0.29, 0.717) is 0 Å². The van der Waals surface area contributed by atoms with Crippen LogP contribution in [0.25, 0.3) is 0 Å². The minimum Gasteiger partial charge on any atom is -0.360 e. The molecule has 2 fully saturated rings.